The van der Waals surface area contributed by atoms with E-state index in [1.165, 1.54) is 0 Å². The molecule has 0 amide bonds. The van der Waals surface area contributed by atoms with E-state index in [1.54, 1.807) is 12.4 Å². The van der Waals surface area contributed by atoms with Crippen LogP contribution >= 0.6 is 0 Å². The standard InChI is InChI=1S/C10H16N4O2S/c1-14(8-2-5-17(15,16)7-8)10-9(6-11)12-3-4-13-10/h3-4,8H,2,5-7,11H2,1H3. The Bertz CT molecular complexity index is 503. The lowest BCUT2D eigenvalue weighted by Crippen LogP contribution is -2.34. The second kappa shape index (κ2) is 4.58. The summed E-state index contributed by atoms with van der Waals surface area (Å²) in [7, 11) is -1.05. The first-order valence-electron chi connectivity index (χ1n) is 5.46. The van der Waals surface area contributed by atoms with Crippen LogP contribution in [0.2, 0.25) is 0 Å². The van der Waals surface area contributed by atoms with Crippen LogP contribution < -0.4 is 10.6 Å². The SMILES string of the molecule is CN(c1nccnc1CN)C1CCS(=O)(=O)C1. The molecule has 0 radical (unpaired) electrons. The Balaban J connectivity index is 2.23. The molecule has 0 saturated carbocycles. The number of rotatable bonds is 3. The van der Waals surface area contributed by atoms with Crippen molar-refractivity contribution in [2.75, 3.05) is 23.5 Å². The Morgan fingerprint density at radius 2 is 2.18 bits per heavy atom. The topological polar surface area (TPSA) is 89.2 Å². The number of hydrogen-bond donors (Lipinski definition) is 1. The van der Waals surface area contributed by atoms with Crippen LogP contribution in [0.3, 0.4) is 0 Å². The van der Waals surface area contributed by atoms with Crippen LogP contribution in [0.15, 0.2) is 12.4 Å². The number of anilines is 1. The minimum absolute atomic E-state index is 0.0259. The Morgan fingerprint density at radius 1 is 1.47 bits per heavy atom. The fourth-order valence-electron chi connectivity index (χ4n) is 2.05. The van der Waals surface area contributed by atoms with Crippen molar-refractivity contribution in [1.29, 1.82) is 0 Å². The van der Waals surface area contributed by atoms with E-state index in [4.69, 9.17) is 5.73 Å². The largest absolute Gasteiger partial charge is 0.354 e. The molecule has 0 spiro atoms. The molecule has 1 aliphatic heterocycles. The van der Waals surface area contributed by atoms with Gasteiger partial charge in [-0.2, -0.15) is 0 Å². The lowest BCUT2D eigenvalue weighted by molar-refractivity contribution is 0.600. The fourth-order valence-corrected chi connectivity index (χ4v) is 3.83. The molecule has 1 unspecified atom stereocenters. The van der Waals surface area contributed by atoms with Gasteiger partial charge in [0.25, 0.3) is 0 Å². The first kappa shape index (κ1) is 12.3. The summed E-state index contributed by atoms with van der Waals surface area (Å²) in [4.78, 5) is 10.3. The monoisotopic (exact) mass is 256 g/mol. The van der Waals surface area contributed by atoms with Crippen LogP contribution in [0, 0.1) is 0 Å². The summed E-state index contributed by atoms with van der Waals surface area (Å²) in [5.41, 5.74) is 6.29. The zero-order chi connectivity index (χ0) is 12.5. The molecule has 1 fully saturated rings. The molecule has 6 nitrogen and oxygen atoms in total. The van der Waals surface area contributed by atoms with Gasteiger partial charge in [0, 0.05) is 32.0 Å². The van der Waals surface area contributed by atoms with Crippen molar-refractivity contribution in [1.82, 2.24) is 9.97 Å². The van der Waals surface area contributed by atoms with Gasteiger partial charge in [-0.15, -0.1) is 0 Å². The van der Waals surface area contributed by atoms with Gasteiger partial charge >= 0.3 is 0 Å². The molecule has 94 valence electrons. The molecule has 0 aromatic carbocycles. The number of aromatic nitrogens is 2. The summed E-state index contributed by atoms with van der Waals surface area (Å²) >= 11 is 0. The summed E-state index contributed by atoms with van der Waals surface area (Å²) in [5, 5.41) is 0. The zero-order valence-corrected chi connectivity index (χ0v) is 10.5. The molecule has 17 heavy (non-hydrogen) atoms. The summed E-state index contributed by atoms with van der Waals surface area (Å²) < 4.78 is 22.9. The third-order valence-electron chi connectivity index (χ3n) is 3.04. The molecule has 1 aliphatic rings. The fraction of sp³-hybridized carbons (Fsp3) is 0.600. The summed E-state index contributed by atoms with van der Waals surface area (Å²) in [6, 6.07) is -0.0259. The van der Waals surface area contributed by atoms with Crippen molar-refractivity contribution >= 4 is 15.7 Å². The van der Waals surface area contributed by atoms with Crippen LogP contribution in [-0.4, -0.2) is 43.0 Å². The maximum Gasteiger partial charge on any atom is 0.152 e. The molecule has 1 atom stereocenters. The quantitative estimate of drug-likeness (QED) is 0.788. The highest BCUT2D eigenvalue weighted by Crippen LogP contribution is 2.22. The van der Waals surface area contributed by atoms with Crippen LogP contribution in [0.1, 0.15) is 12.1 Å². The minimum Gasteiger partial charge on any atom is -0.354 e. The second-order valence-electron chi connectivity index (χ2n) is 4.20. The molecule has 2 N–H and O–H groups in total. The average molecular weight is 256 g/mol. The van der Waals surface area contributed by atoms with Crippen molar-refractivity contribution in [3.05, 3.63) is 18.1 Å². The highest BCUT2D eigenvalue weighted by molar-refractivity contribution is 7.91. The van der Waals surface area contributed by atoms with Crippen molar-refractivity contribution in [3.63, 3.8) is 0 Å². The molecule has 1 aromatic rings. The van der Waals surface area contributed by atoms with Crippen molar-refractivity contribution in [3.8, 4) is 0 Å². The van der Waals surface area contributed by atoms with Crippen LogP contribution in [0.25, 0.3) is 0 Å². The van der Waals surface area contributed by atoms with Gasteiger partial charge in [0.2, 0.25) is 0 Å². The summed E-state index contributed by atoms with van der Waals surface area (Å²) in [5.74, 6) is 1.11. The Labute approximate surface area is 101 Å². The predicted molar refractivity (Wildman–Crippen MR) is 65.4 cm³/mol. The van der Waals surface area contributed by atoms with E-state index in [9.17, 15) is 8.42 Å². The van der Waals surface area contributed by atoms with Gasteiger partial charge in [-0.3, -0.25) is 4.98 Å². The first-order chi connectivity index (χ1) is 8.03. The van der Waals surface area contributed by atoms with E-state index < -0.39 is 9.84 Å². The molecular formula is C10H16N4O2S. The van der Waals surface area contributed by atoms with E-state index in [0.717, 1.165) is 0 Å². The van der Waals surface area contributed by atoms with Gasteiger partial charge in [-0.05, 0) is 6.42 Å². The lowest BCUT2D eigenvalue weighted by Gasteiger charge is -2.25. The normalized spacial score (nSPS) is 22.6. The summed E-state index contributed by atoms with van der Waals surface area (Å²) in [6.45, 7) is 0.299. The Kier molecular flexibility index (Phi) is 3.30. The van der Waals surface area contributed by atoms with Crippen molar-refractivity contribution in [2.24, 2.45) is 5.73 Å². The first-order valence-corrected chi connectivity index (χ1v) is 7.29. The molecule has 0 bridgehead atoms. The van der Waals surface area contributed by atoms with Crippen molar-refractivity contribution < 1.29 is 8.42 Å². The number of nitrogens with zero attached hydrogens (tertiary/aromatic N) is 3. The molecule has 1 aromatic heterocycles. The smallest absolute Gasteiger partial charge is 0.152 e. The highest BCUT2D eigenvalue weighted by atomic mass is 32.2. The molecule has 2 heterocycles. The highest BCUT2D eigenvalue weighted by Gasteiger charge is 2.31. The number of sulfone groups is 1. The van der Waals surface area contributed by atoms with Crippen LogP contribution in [-0.2, 0) is 16.4 Å². The molecule has 1 saturated heterocycles. The minimum atomic E-state index is -2.89. The molecule has 0 aliphatic carbocycles. The zero-order valence-electron chi connectivity index (χ0n) is 9.70. The van der Waals surface area contributed by atoms with E-state index in [1.807, 2.05) is 11.9 Å². The number of hydrogen-bond acceptors (Lipinski definition) is 6. The van der Waals surface area contributed by atoms with Gasteiger partial charge in [-0.25, -0.2) is 13.4 Å². The third-order valence-corrected chi connectivity index (χ3v) is 4.79. The van der Waals surface area contributed by atoms with Crippen LogP contribution in [0.5, 0.6) is 0 Å². The van der Waals surface area contributed by atoms with E-state index in [0.29, 0.717) is 24.5 Å². The van der Waals surface area contributed by atoms with Crippen LogP contribution in [0.4, 0.5) is 5.82 Å². The average Bonchev–Trinajstić information content (AvgIpc) is 2.68. The Morgan fingerprint density at radius 3 is 2.76 bits per heavy atom. The molecule has 7 heteroatoms. The van der Waals surface area contributed by atoms with Gasteiger partial charge in [0.05, 0.1) is 17.2 Å². The maximum atomic E-state index is 11.4. The third kappa shape index (κ3) is 2.55. The van der Waals surface area contributed by atoms with Crippen molar-refractivity contribution in [2.45, 2.75) is 19.0 Å². The van der Waals surface area contributed by atoms with E-state index in [2.05, 4.69) is 9.97 Å². The molecular weight excluding hydrogens is 240 g/mol. The predicted octanol–water partition coefficient (Wildman–Crippen LogP) is -0.441. The van der Waals surface area contributed by atoms with Gasteiger partial charge in [-0.1, -0.05) is 0 Å². The number of nitrogens with two attached hydrogens (primary N) is 1. The van der Waals surface area contributed by atoms with Gasteiger partial charge in [0.15, 0.2) is 15.7 Å². The van der Waals surface area contributed by atoms with Gasteiger partial charge in [0.1, 0.15) is 0 Å². The van der Waals surface area contributed by atoms with E-state index in [-0.39, 0.29) is 17.5 Å². The molecule has 2 rings (SSSR count). The summed E-state index contributed by atoms with van der Waals surface area (Å²) in [6.07, 6.45) is 3.82. The van der Waals surface area contributed by atoms with Gasteiger partial charge < -0.3 is 10.6 Å². The maximum absolute atomic E-state index is 11.4. The lowest BCUT2D eigenvalue weighted by atomic mass is 10.2. The van der Waals surface area contributed by atoms with E-state index >= 15 is 0 Å². The Hall–Kier alpha value is -1.21. The second-order valence-corrected chi connectivity index (χ2v) is 6.43.